The number of aromatic nitrogens is 2. The molecule has 0 aliphatic heterocycles. The Labute approximate surface area is 206 Å². The molecule has 1 aliphatic carbocycles. The number of carboxylic acids is 1. The smallest absolute Gasteiger partial charge is 0.326 e. The van der Waals surface area contributed by atoms with Crippen molar-refractivity contribution in [1.82, 2.24) is 15.5 Å². The monoisotopic (exact) mass is 497 g/mol. The predicted octanol–water partition coefficient (Wildman–Crippen LogP) is 4.29. The van der Waals surface area contributed by atoms with Gasteiger partial charge in [0.1, 0.15) is 11.5 Å². The second kappa shape index (κ2) is 9.75. The van der Waals surface area contributed by atoms with Crippen LogP contribution in [0, 0.1) is 5.92 Å². The number of aliphatic carboxylic acids is 1. The second-order valence-corrected chi connectivity index (χ2v) is 9.13. The average molecular weight is 498 g/mol. The Balaban J connectivity index is 1.41. The van der Waals surface area contributed by atoms with Crippen molar-refractivity contribution in [3.8, 4) is 11.5 Å². The van der Waals surface area contributed by atoms with E-state index in [1.165, 1.54) is 0 Å². The van der Waals surface area contributed by atoms with Gasteiger partial charge < -0.3 is 25.5 Å². The molecule has 3 aromatic rings. The highest BCUT2D eigenvalue weighted by Gasteiger charge is 2.56. The maximum atomic E-state index is 12.8. The minimum atomic E-state index is -1.09. The number of nitrogens with zero attached hydrogens (tertiary/aromatic N) is 2. The fourth-order valence-electron chi connectivity index (χ4n) is 3.55. The van der Waals surface area contributed by atoms with E-state index >= 15 is 0 Å². The largest absolute Gasteiger partial charge is 0.480 e. The van der Waals surface area contributed by atoms with Gasteiger partial charge in [-0.3, -0.25) is 4.79 Å². The van der Waals surface area contributed by atoms with Crippen LogP contribution in [0.25, 0.3) is 11.5 Å². The number of carboxylic acid groups (broad SMARTS) is 1. The van der Waals surface area contributed by atoms with Gasteiger partial charge in [0.05, 0.1) is 0 Å². The topological polar surface area (TPSA) is 146 Å². The number of urea groups is 1. The van der Waals surface area contributed by atoms with Crippen molar-refractivity contribution in [3.05, 3.63) is 59.4 Å². The number of halogens is 1. The molecule has 1 fully saturated rings. The van der Waals surface area contributed by atoms with Crippen LogP contribution in [0.3, 0.4) is 0 Å². The minimum absolute atomic E-state index is 0.154. The molecule has 3 amide bonds. The molecule has 0 radical (unpaired) electrons. The summed E-state index contributed by atoms with van der Waals surface area (Å²) in [6, 6.07) is 12.1. The maximum Gasteiger partial charge on any atom is 0.326 e. The summed E-state index contributed by atoms with van der Waals surface area (Å²) in [4.78, 5) is 36.5. The van der Waals surface area contributed by atoms with E-state index in [1.54, 1.807) is 62.4 Å². The fraction of sp³-hybridized carbons (Fsp3) is 0.292. The van der Waals surface area contributed by atoms with Crippen LogP contribution in [0.1, 0.15) is 32.6 Å². The lowest BCUT2D eigenvalue weighted by Crippen LogP contribution is -2.48. The Morgan fingerprint density at radius 2 is 1.71 bits per heavy atom. The molecule has 10 nitrogen and oxygen atoms in total. The van der Waals surface area contributed by atoms with Crippen LogP contribution in [-0.4, -0.2) is 39.3 Å². The first-order valence-electron chi connectivity index (χ1n) is 11.0. The third-order valence-electron chi connectivity index (χ3n) is 5.71. The third-order valence-corrected chi connectivity index (χ3v) is 5.95. The first kappa shape index (κ1) is 24.2. The Bertz CT molecular complexity index is 1250. The molecule has 0 bridgehead atoms. The van der Waals surface area contributed by atoms with Crippen LogP contribution < -0.4 is 16.0 Å². The molecule has 2 aromatic carbocycles. The number of hydrogen-bond donors (Lipinski definition) is 4. The maximum absolute atomic E-state index is 12.8. The van der Waals surface area contributed by atoms with Gasteiger partial charge in [-0.05, 0) is 61.2 Å². The van der Waals surface area contributed by atoms with Gasteiger partial charge in [0, 0.05) is 22.0 Å². The zero-order valence-electron chi connectivity index (χ0n) is 19.0. The summed E-state index contributed by atoms with van der Waals surface area (Å²) in [6.07, 6.45) is 0.991. The van der Waals surface area contributed by atoms with Crippen LogP contribution in [0.2, 0.25) is 5.02 Å². The summed E-state index contributed by atoms with van der Waals surface area (Å²) in [7, 11) is 0. The quantitative estimate of drug-likeness (QED) is 0.363. The molecule has 182 valence electrons. The van der Waals surface area contributed by atoms with E-state index in [0.29, 0.717) is 34.8 Å². The Morgan fingerprint density at radius 1 is 1.03 bits per heavy atom. The minimum Gasteiger partial charge on any atom is -0.480 e. The van der Waals surface area contributed by atoms with Gasteiger partial charge in [-0.15, -0.1) is 10.2 Å². The van der Waals surface area contributed by atoms with Crippen molar-refractivity contribution in [3.63, 3.8) is 0 Å². The van der Waals surface area contributed by atoms with E-state index in [1.807, 2.05) is 0 Å². The van der Waals surface area contributed by atoms with E-state index < -0.39 is 29.4 Å². The molecule has 1 heterocycles. The van der Waals surface area contributed by atoms with Gasteiger partial charge >= 0.3 is 12.0 Å². The summed E-state index contributed by atoms with van der Waals surface area (Å²) in [5.41, 5.74) is 0.699. The number of amides is 3. The zero-order valence-corrected chi connectivity index (χ0v) is 19.8. The van der Waals surface area contributed by atoms with Crippen molar-refractivity contribution in [2.45, 2.75) is 38.1 Å². The normalized spacial score (nSPS) is 14.7. The van der Waals surface area contributed by atoms with Crippen LogP contribution in [0.4, 0.5) is 16.2 Å². The van der Waals surface area contributed by atoms with Crippen molar-refractivity contribution in [1.29, 1.82) is 0 Å². The SMILES string of the molecule is CC(C)[C@H](NC(=O)C1(c2nnc(-c3ccc(NC(=O)Nc4cccc(Cl)c4)cc3)o2)CC1)C(=O)O. The van der Waals surface area contributed by atoms with Crippen molar-refractivity contribution >= 4 is 40.9 Å². The van der Waals surface area contributed by atoms with Gasteiger partial charge in [0.15, 0.2) is 0 Å². The van der Waals surface area contributed by atoms with Gasteiger partial charge in [-0.2, -0.15) is 0 Å². The molecule has 11 heteroatoms. The Kier molecular flexibility index (Phi) is 6.74. The van der Waals surface area contributed by atoms with E-state index in [2.05, 4.69) is 26.1 Å². The lowest BCUT2D eigenvalue weighted by atomic mass is 10.0. The first-order valence-corrected chi connectivity index (χ1v) is 11.4. The van der Waals surface area contributed by atoms with E-state index in [9.17, 15) is 19.5 Å². The highest BCUT2D eigenvalue weighted by atomic mass is 35.5. The molecule has 1 atom stereocenters. The number of carbonyl (C=O) groups excluding carboxylic acids is 2. The number of carbonyl (C=O) groups is 3. The Hall–Kier alpha value is -3.92. The number of rotatable bonds is 8. The van der Waals surface area contributed by atoms with Crippen molar-refractivity contribution in [2.24, 2.45) is 5.92 Å². The van der Waals surface area contributed by atoms with Gasteiger partial charge in [-0.1, -0.05) is 31.5 Å². The average Bonchev–Trinajstić information content (AvgIpc) is 3.47. The molecule has 4 N–H and O–H groups in total. The van der Waals surface area contributed by atoms with Crippen molar-refractivity contribution < 1.29 is 23.9 Å². The van der Waals surface area contributed by atoms with E-state index in [-0.39, 0.29) is 17.7 Å². The molecule has 1 saturated carbocycles. The standard InChI is InChI=1S/C24H24ClN5O5/c1-13(2)18(20(31)32)28-21(33)24(10-11-24)22-30-29-19(35-22)14-6-8-16(9-7-14)26-23(34)27-17-5-3-4-15(25)12-17/h3-9,12-13,18H,10-11H2,1-2H3,(H,28,33)(H,31,32)(H2,26,27,34)/t18-/m0/s1. The van der Waals surface area contributed by atoms with Crippen molar-refractivity contribution in [2.75, 3.05) is 10.6 Å². The molecule has 4 rings (SSSR count). The lowest BCUT2D eigenvalue weighted by molar-refractivity contribution is -0.143. The molecule has 1 aliphatic rings. The summed E-state index contributed by atoms with van der Waals surface area (Å²) in [5.74, 6) is -1.43. The second-order valence-electron chi connectivity index (χ2n) is 8.69. The van der Waals surface area contributed by atoms with E-state index in [0.717, 1.165) is 0 Å². The molecule has 0 saturated heterocycles. The number of anilines is 2. The van der Waals surface area contributed by atoms with Crippen LogP contribution in [0.15, 0.2) is 52.9 Å². The lowest BCUT2D eigenvalue weighted by Gasteiger charge is -2.20. The van der Waals surface area contributed by atoms with Gasteiger partial charge in [-0.25, -0.2) is 9.59 Å². The molecule has 35 heavy (non-hydrogen) atoms. The highest BCUT2D eigenvalue weighted by Crippen LogP contribution is 2.48. The number of hydrogen-bond acceptors (Lipinski definition) is 6. The van der Waals surface area contributed by atoms with Crippen LogP contribution in [0.5, 0.6) is 0 Å². The van der Waals surface area contributed by atoms with Gasteiger partial charge in [0.2, 0.25) is 17.7 Å². The molecular formula is C24H24ClN5O5. The van der Waals surface area contributed by atoms with Gasteiger partial charge in [0.25, 0.3) is 0 Å². The number of nitrogens with one attached hydrogen (secondary N) is 3. The molecule has 0 unspecified atom stereocenters. The Morgan fingerprint density at radius 3 is 2.31 bits per heavy atom. The zero-order chi connectivity index (χ0) is 25.2. The summed E-state index contributed by atoms with van der Waals surface area (Å²) in [5, 5.41) is 26.0. The number of benzene rings is 2. The summed E-state index contributed by atoms with van der Waals surface area (Å²) >= 11 is 5.92. The first-order chi connectivity index (χ1) is 16.7. The predicted molar refractivity (Wildman–Crippen MR) is 129 cm³/mol. The highest BCUT2D eigenvalue weighted by molar-refractivity contribution is 6.30. The third kappa shape index (κ3) is 5.43. The summed E-state index contributed by atoms with van der Waals surface area (Å²) < 4.78 is 5.79. The molecule has 0 spiro atoms. The van der Waals surface area contributed by atoms with Crippen LogP contribution >= 0.6 is 11.6 Å². The summed E-state index contributed by atoms with van der Waals surface area (Å²) in [6.45, 7) is 3.45. The van der Waals surface area contributed by atoms with E-state index in [4.69, 9.17) is 16.0 Å². The molecule has 1 aromatic heterocycles. The molecular weight excluding hydrogens is 474 g/mol. The fourth-order valence-corrected chi connectivity index (χ4v) is 3.74. The van der Waals surface area contributed by atoms with Crippen LogP contribution in [-0.2, 0) is 15.0 Å².